The maximum atomic E-state index is 12.5. The fraction of sp³-hybridized carbons (Fsp3) is 0.385. The molecule has 1 aromatic carbocycles. The maximum Gasteiger partial charge on any atom is 0.242 e. The zero-order valence-electron chi connectivity index (χ0n) is 11.8. The average Bonchev–Trinajstić information content (AvgIpc) is 2.91. The lowest BCUT2D eigenvalue weighted by Gasteiger charge is -2.22. The predicted molar refractivity (Wildman–Crippen MR) is 80.4 cm³/mol. The highest BCUT2D eigenvalue weighted by molar-refractivity contribution is 7.89. The first-order valence-corrected chi connectivity index (χ1v) is 8.37. The Balaban J connectivity index is 2.22. The SMILES string of the molecule is CC(C)[C@H](Cn1ccnn1)NS(=O)(=O)c1ccccc1Cl. The second kappa shape index (κ2) is 6.55. The second-order valence-corrected chi connectivity index (χ2v) is 7.12. The molecule has 0 aliphatic carbocycles. The molecule has 1 heterocycles. The molecule has 2 aromatic rings. The molecule has 6 nitrogen and oxygen atoms in total. The van der Waals surface area contributed by atoms with Crippen molar-refractivity contribution in [1.82, 2.24) is 19.7 Å². The zero-order chi connectivity index (χ0) is 15.5. The molecule has 0 saturated heterocycles. The molecular formula is C13H17ClN4O2S. The van der Waals surface area contributed by atoms with Gasteiger partial charge in [-0.3, -0.25) is 4.68 Å². The second-order valence-electron chi connectivity index (χ2n) is 5.03. The van der Waals surface area contributed by atoms with Crippen LogP contribution in [0.2, 0.25) is 5.02 Å². The molecule has 1 N–H and O–H groups in total. The Bertz CT molecular complexity index is 686. The number of nitrogens with zero attached hydrogens (tertiary/aromatic N) is 3. The van der Waals surface area contributed by atoms with Gasteiger partial charge in [-0.15, -0.1) is 5.10 Å². The first-order chi connectivity index (χ1) is 9.90. The highest BCUT2D eigenvalue weighted by Crippen LogP contribution is 2.21. The molecule has 0 saturated carbocycles. The lowest BCUT2D eigenvalue weighted by molar-refractivity contribution is 0.378. The highest BCUT2D eigenvalue weighted by atomic mass is 35.5. The third-order valence-electron chi connectivity index (χ3n) is 3.09. The summed E-state index contributed by atoms with van der Waals surface area (Å²) in [6, 6.07) is 6.06. The van der Waals surface area contributed by atoms with E-state index < -0.39 is 10.0 Å². The fourth-order valence-corrected chi connectivity index (χ4v) is 3.74. The Morgan fingerprint density at radius 2 is 2.05 bits per heavy atom. The van der Waals surface area contributed by atoms with Gasteiger partial charge in [0.25, 0.3) is 0 Å². The van der Waals surface area contributed by atoms with Gasteiger partial charge in [0.2, 0.25) is 10.0 Å². The Morgan fingerprint density at radius 3 is 2.62 bits per heavy atom. The normalized spacial score (nSPS) is 13.5. The number of sulfonamides is 1. The van der Waals surface area contributed by atoms with Gasteiger partial charge in [0, 0.05) is 12.2 Å². The van der Waals surface area contributed by atoms with Crippen LogP contribution >= 0.6 is 11.6 Å². The van der Waals surface area contributed by atoms with Crippen LogP contribution in [0.5, 0.6) is 0 Å². The van der Waals surface area contributed by atoms with Crippen molar-refractivity contribution in [2.45, 2.75) is 31.3 Å². The Kier molecular flexibility index (Phi) is 4.97. The lowest BCUT2D eigenvalue weighted by atomic mass is 10.1. The molecule has 8 heteroatoms. The van der Waals surface area contributed by atoms with Crippen LogP contribution in [-0.4, -0.2) is 29.5 Å². The van der Waals surface area contributed by atoms with Crippen LogP contribution in [0.4, 0.5) is 0 Å². The fourth-order valence-electron chi connectivity index (χ4n) is 1.84. The summed E-state index contributed by atoms with van der Waals surface area (Å²) in [7, 11) is -3.68. The van der Waals surface area contributed by atoms with Gasteiger partial charge in [0.1, 0.15) is 4.90 Å². The molecule has 114 valence electrons. The van der Waals surface area contributed by atoms with Crippen LogP contribution in [0.25, 0.3) is 0 Å². The number of rotatable bonds is 6. The van der Waals surface area contributed by atoms with Crippen LogP contribution in [0.1, 0.15) is 13.8 Å². The molecule has 0 radical (unpaired) electrons. The lowest BCUT2D eigenvalue weighted by Crippen LogP contribution is -2.41. The molecule has 21 heavy (non-hydrogen) atoms. The molecule has 1 atom stereocenters. The molecule has 0 fully saturated rings. The zero-order valence-corrected chi connectivity index (χ0v) is 13.3. The van der Waals surface area contributed by atoms with Crippen LogP contribution in [0, 0.1) is 5.92 Å². The summed E-state index contributed by atoms with van der Waals surface area (Å²) < 4.78 is 29.2. The topological polar surface area (TPSA) is 76.9 Å². The number of benzene rings is 1. The van der Waals surface area contributed by atoms with Gasteiger partial charge in [-0.2, -0.15) is 0 Å². The third kappa shape index (κ3) is 4.03. The van der Waals surface area contributed by atoms with E-state index in [0.717, 1.165) is 0 Å². The minimum Gasteiger partial charge on any atom is -0.251 e. The van der Waals surface area contributed by atoms with Gasteiger partial charge in [0.05, 0.1) is 17.8 Å². The van der Waals surface area contributed by atoms with Gasteiger partial charge in [-0.1, -0.05) is 42.8 Å². The first kappa shape index (κ1) is 15.9. The summed E-state index contributed by atoms with van der Waals surface area (Å²) >= 11 is 5.97. The van der Waals surface area contributed by atoms with Crippen LogP contribution < -0.4 is 4.72 Å². The number of aromatic nitrogens is 3. The van der Waals surface area contributed by atoms with Gasteiger partial charge in [0.15, 0.2) is 0 Å². The molecule has 2 rings (SSSR count). The molecule has 0 aliphatic rings. The largest absolute Gasteiger partial charge is 0.251 e. The van der Waals surface area contributed by atoms with Crippen LogP contribution in [0.15, 0.2) is 41.6 Å². The Morgan fingerprint density at radius 1 is 1.33 bits per heavy atom. The molecule has 0 unspecified atom stereocenters. The summed E-state index contributed by atoms with van der Waals surface area (Å²) in [4.78, 5) is 0.0795. The van der Waals surface area contributed by atoms with E-state index in [2.05, 4.69) is 15.0 Å². The molecular weight excluding hydrogens is 312 g/mol. The average molecular weight is 329 g/mol. The van der Waals surface area contributed by atoms with E-state index in [1.165, 1.54) is 6.07 Å². The van der Waals surface area contributed by atoms with Crippen molar-refractivity contribution in [3.05, 3.63) is 41.7 Å². The van der Waals surface area contributed by atoms with Crippen molar-refractivity contribution in [1.29, 1.82) is 0 Å². The standard InChI is InChI=1S/C13H17ClN4O2S/c1-10(2)12(9-18-8-7-15-17-18)16-21(19,20)13-6-4-3-5-11(13)14/h3-8,10,12,16H,9H2,1-2H3/t12-/m0/s1. The molecule has 0 aliphatic heterocycles. The van der Waals surface area contributed by atoms with E-state index in [1.54, 1.807) is 35.3 Å². The number of hydrogen-bond acceptors (Lipinski definition) is 4. The summed E-state index contributed by atoms with van der Waals surface area (Å²) in [5, 5.41) is 7.78. The summed E-state index contributed by atoms with van der Waals surface area (Å²) in [5.74, 6) is 0.0893. The highest BCUT2D eigenvalue weighted by Gasteiger charge is 2.24. The molecule has 0 amide bonds. The van der Waals surface area contributed by atoms with Crippen LogP contribution in [-0.2, 0) is 16.6 Å². The minimum atomic E-state index is -3.68. The Hall–Kier alpha value is -1.44. The molecule has 0 spiro atoms. The summed E-state index contributed by atoms with van der Waals surface area (Å²) in [6.45, 7) is 4.29. The van der Waals surface area contributed by atoms with Crippen molar-refractivity contribution in [3.8, 4) is 0 Å². The van der Waals surface area contributed by atoms with Gasteiger partial charge < -0.3 is 0 Å². The van der Waals surface area contributed by atoms with E-state index in [-0.39, 0.29) is 21.9 Å². The van der Waals surface area contributed by atoms with Crippen molar-refractivity contribution in [2.24, 2.45) is 5.92 Å². The van der Waals surface area contributed by atoms with Crippen molar-refractivity contribution in [3.63, 3.8) is 0 Å². The monoisotopic (exact) mass is 328 g/mol. The van der Waals surface area contributed by atoms with Gasteiger partial charge in [-0.05, 0) is 18.1 Å². The summed E-state index contributed by atoms with van der Waals surface area (Å²) in [5.41, 5.74) is 0. The summed E-state index contributed by atoms with van der Waals surface area (Å²) in [6.07, 6.45) is 3.25. The number of hydrogen-bond donors (Lipinski definition) is 1. The van der Waals surface area contributed by atoms with Crippen molar-refractivity contribution in [2.75, 3.05) is 0 Å². The van der Waals surface area contributed by atoms with Gasteiger partial charge >= 0.3 is 0 Å². The molecule has 1 aromatic heterocycles. The van der Waals surface area contributed by atoms with Crippen LogP contribution in [0.3, 0.4) is 0 Å². The smallest absolute Gasteiger partial charge is 0.242 e. The maximum absolute atomic E-state index is 12.5. The van der Waals surface area contributed by atoms with Crippen molar-refractivity contribution < 1.29 is 8.42 Å². The van der Waals surface area contributed by atoms with Crippen molar-refractivity contribution >= 4 is 21.6 Å². The van der Waals surface area contributed by atoms with E-state index in [4.69, 9.17) is 11.6 Å². The molecule has 0 bridgehead atoms. The predicted octanol–water partition coefficient (Wildman–Crippen LogP) is 1.93. The Labute approximate surface area is 129 Å². The number of nitrogens with one attached hydrogen (secondary N) is 1. The van der Waals surface area contributed by atoms with Gasteiger partial charge in [-0.25, -0.2) is 13.1 Å². The van der Waals surface area contributed by atoms with E-state index >= 15 is 0 Å². The quantitative estimate of drug-likeness (QED) is 0.879. The van der Waals surface area contributed by atoms with E-state index in [9.17, 15) is 8.42 Å². The third-order valence-corrected chi connectivity index (χ3v) is 5.08. The first-order valence-electron chi connectivity index (χ1n) is 6.51. The van der Waals surface area contributed by atoms with E-state index in [0.29, 0.717) is 6.54 Å². The minimum absolute atomic E-state index is 0.0795. The van der Waals surface area contributed by atoms with E-state index in [1.807, 2.05) is 13.8 Å². The number of halogens is 1.